The van der Waals surface area contributed by atoms with Gasteiger partial charge in [0.1, 0.15) is 0 Å². The third kappa shape index (κ3) is 7.34. The van der Waals surface area contributed by atoms with E-state index in [1.54, 1.807) is 7.11 Å². The number of methoxy groups -OCH3 is 1. The number of benzene rings is 1. The molecular weight excluding hydrogens is 234 g/mol. The fraction of sp³-hybridized carbons (Fsp3) is 0.647. The van der Waals surface area contributed by atoms with Gasteiger partial charge in [-0.25, -0.2) is 0 Å². The maximum absolute atomic E-state index is 5.09. The molecule has 2 nitrogen and oxygen atoms in total. The molecule has 2 heteroatoms. The topological polar surface area (TPSA) is 21.3 Å². The standard InChI is InChI=1S/C17H29NO/c1-17(2,3)14-16(15-10-6-5-7-11-15)18-12-8-9-13-19-4/h5-7,10-11,16,18H,8-9,12-14H2,1-4H3. The van der Waals surface area contributed by atoms with Crippen molar-refractivity contribution in [2.24, 2.45) is 5.41 Å². The van der Waals surface area contributed by atoms with Crippen LogP contribution in [-0.4, -0.2) is 20.3 Å². The lowest BCUT2D eigenvalue weighted by Crippen LogP contribution is -2.26. The van der Waals surface area contributed by atoms with E-state index in [0.717, 1.165) is 26.0 Å². The summed E-state index contributed by atoms with van der Waals surface area (Å²) in [6, 6.07) is 11.2. The summed E-state index contributed by atoms with van der Waals surface area (Å²) in [5.41, 5.74) is 1.73. The van der Waals surface area contributed by atoms with Gasteiger partial charge in [-0.3, -0.25) is 0 Å². The Morgan fingerprint density at radius 2 is 1.79 bits per heavy atom. The number of ether oxygens (including phenoxy) is 1. The SMILES string of the molecule is COCCCCNC(CC(C)(C)C)c1ccccc1. The van der Waals surface area contributed by atoms with Gasteiger partial charge in [-0.05, 0) is 36.8 Å². The summed E-state index contributed by atoms with van der Waals surface area (Å²) in [6.07, 6.45) is 3.45. The minimum Gasteiger partial charge on any atom is -0.385 e. The Bertz CT molecular complexity index is 329. The van der Waals surface area contributed by atoms with E-state index in [4.69, 9.17) is 4.74 Å². The molecule has 108 valence electrons. The number of rotatable bonds is 8. The fourth-order valence-electron chi connectivity index (χ4n) is 2.25. The molecule has 0 saturated heterocycles. The van der Waals surface area contributed by atoms with Crippen molar-refractivity contribution in [3.63, 3.8) is 0 Å². The van der Waals surface area contributed by atoms with Crippen LogP contribution in [0, 0.1) is 5.41 Å². The quantitative estimate of drug-likeness (QED) is 0.710. The van der Waals surface area contributed by atoms with Crippen LogP contribution >= 0.6 is 0 Å². The molecule has 1 aromatic rings. The van der Waals surface area contributed by atoms with E-state index >= 15 is 0 Å². The summed E-state index contributed by atoms with van der Waals surface area (Å²) in [6.45, 7) is 8.82. The molecule has 0 aliphatic rings. The lowest BCUT2D eigenvalue weighted by atomic mass is 9.85. The van der Waals surface area contributed by atoms with Gasteiger partial charge in [0.05, 0.1) is 0 Å². The number of unbranched alkanes of at least 4 members (excludes halogenated alkanes) is 1. The van der Waals surface area contributed by atoms with Crippen molar-refractivity contribution in [2.45, 2.75) is 46.1 Å². The first-order chi connectivity index (χ1) is 9.03. The number of nitrogens with one attached hydrogen (secondary N) is 1. The summed E-state index contributed by atoms with van der Waals surface area (Å²) < 4.78 is 5.09. The van der Waals surface area contributed by atoms with Crippen molar-refractivity contribution in [2.75, 3.05) is 20.3 Å². The summed E-state index contributed by atoms with van der Waals surface area (Å²) in [5.74, 6) is 0. The van der Waals surface area contributed by atoms with Gasteiger partial charge < -0.3 is 10.1 Å². The van der Waals surface area contributed by atoms with E-state index in [1.165, 1.54) is 12.0 Å². The lowest BCUT2D eigenvalue weighted by molar-refractivity contribution is 0.191. The van der Waals surface area contributed by atoms with Gasteiger partial charge in [-0.15, -0.1) is 0 Å². The average molecular weight is 263 g/mol. The van der Waals surface area contributed by atoms with Crippen molar-refractivity contribution in [1.82, 2.24) is 5.32 Å². The molecule has 1 atom stereocenters. The Morgan fingerprint density at radius 3 is 2.37 bits per heavy atom. The molecule has 0 aliphatic carbocycles. The van der Waals surface area contributed by atoms with Crippen LogP contribution in [0.2, 0.25) is 0 Å². The van der Waals surface area contributed by atoms with Gasteiger partial charge in [0.15, 0.2) is 0 Å². The highest BCUT2D eigenvalue weighted by molar-refractivity contribution is 5.19. The van der Waals surface area contributed by atoms with Crippen molar-refractivity contribution in [3.8, 4) is 0 Å². The summed E-state index contributed by atoms with van der Waals surface area (Å²) in [7, 11) is 1.76. The zero-order chi connectivity index (χ0) is 14.1. The highest BCUT2D eigenvalue weighted by Gasteiger charge is 2.19. The van der Waals surface area contributed by atoms with Crippen molar-refractivity contribution in [3.05, 3.63) is 35.9 Å². The summed E-state index contributed by atoms with van der Waals surface area (Å²) >= 11 is 0. The zero-order valence-electron chi connectivity index (χ0n) is 12.9. The largest absolute Gasteiger partial charge is 0.385 e. The number of hydrogen-bond donors (Lipinski definition) is 1. The predicted molar refractivity (Wildman–Crippen MR) is 82.4 cm³/mol. The normalized spacial score (nSPS) is 13.5. The Labute approximate surface area is 118 Å². The molecular formula is C17H29NO. The highest BCUT2D eigenvalue weighted by atomic mass is 16.5. The molecule has 0 amide bonds. The fourth-order valence-corrected chi connectivity index (χ4v) is 2.25. The molecule has 0 saturated carbocycles. The third-order valence-corrected chi connectivity index (χ3v) is 3.18. The van der Waals surface area contributed by atoms with Gasteiger partial charge in [-0.2, -0.15) is 0 Å². The van der Waals surface area contributed by atoms with E-state index in [9.17, 15) is 0 Å². The van der Waals surface area contributed by atoms with Crippen LogP contribution in [0.5, 0.6) is 0 Å². The predicted octanol–water partition coefficient (Wildman–Crippen LogP) is 4.18. The smallest absolute Gasteiger partial charge is 0.0462 e. The molecule has 1 unspecified atom stereocenters. The Kier molecular flexibility index (Phi) is 7.11. The molecule has 0 aliphatic heterocycles. The Balaban J connectivity index is 2.51. The van der Waals surface area contributed by atoms with Crippen LogP contribution in [0.3, 0.4) is 0 Å². The van der Waals surface area contributed by atoms with Crippen LogP contribution in [0.15, 0.2) is 30.3 Å². The Hall–Kier alpha value is -0.860. The molecule has 19 heavy (non-hydrogen) atoms. The maximum Gasteiger partial charge on any atom is 0.0462 e. The second-order valence-electron chi connectivity index (χ2n) is 6.38. The Morgan fingerprint density at radius 1 is 1.11 bits per heavy atom. The lowest BCUT2D eigenvalue weighted by Gasteiger charge is -2.27. The molecule has 0 radical (unpaired) electrons. The summed E-state index contributed by atoms with van der Waals surface area (Å²) in [4.78, 5) is 0. The van der Waals surface area contributed by atoms with Crippen LogP contribution in [-0.2, 0) is 4.74 Å². The van der Waals surface area contributed by atoms with Gasteiger partial charge in [-0.1, -0.05) is 51.1 Å². The van der Waals surface area contributed by atoms with E-state index in [-0.39, 0.29) is 0 Å². The molecule has 0 aromatic heterocycles. The molecule has 0 fully saturated rings. The second kappa shape index (κ2) is 8.34. The van der Waals surface area contributed by atoms with E-state index in [1.807, 2.05) is 0 Å². The van der Waals surface area contributed by atoms with Crippen molar-refractivity contribution < 1.29 is 4.74 Å². The maximum atomic E-state index is 5.09. The molecule has 1 aromatic carbocycles. The van der Waals surface area contributed by atoms with Crippen molar-refractivity contribution in [1.29, 1.82) is 0 Å². The minimum absolute atomic E-state index is 0.333. The molecule has 1 rings (SSSR count). The molecule has 0 spiro atoms. The third-order valence-electron chi connectivity index (χ3n) is 3.18. The molecule has 0 bridgehead atoms. The molecule has 1 N–H and O–H groups in total. The van der Waals surface area contributed by atoms with Crippen LogP contribution < -0.4 is 5.32 Å². The summed E-state index contributed by atoms with van der Waals surface area (Å²) in [5, 5.41) is 3.70. The van der Waals surface area contributed by atoms with Crippen molar-refractivity contribution >= 4 is 0 Å². The van der Waals surface area contributed by atoms with E-state index < -0.39 is 0 Å². The first-order valence-electron chi connectivity index (χ1n) is 7.30. The number of hydrogen-bond acceptors (Lipinski definition) is 2. The zero-order valence-corrected chi connectivity index (χ0v) is 12.9. The van der Waals surface area contributed by atoms with E-state index in [2.05, 4.69) is 56.4 Å². The van der Waals surface area contributed by atoms with Crippen LogP contribution in [0.4, 0.5) is 0 Å². The van der Waals surface area contributed by atoms with Gasteiger partial charge >= 0.3 is 0 Å². The molecule has 0 heterocycles. The van der Waals surface area contributed by atoms with Crippen LogP contribution in [0.25, 0.3) is 0 Å². The first-order valence-corrected chi connectivity index (χ1v) is 7.30. The minimum atomic E-state index is 0.333. The first kappa shape index (κ1) is 16.2. The highest BCUT2D eigenvalue weighted by Crippen LogP contribution is 2.29. The van der Waals surface area contributed by atoms with Gasteiger partial charge in [0.25, 0.3) is 0 Å². The van der Waals surface area contributed by atoms with Gasteiger partial charge in [0.2, 0.25) is 0 Å². The van der Waals surface area contributed by atoms with Gasteiger partial charge in [0, 0.05) is 19.8 Å². The van der Waals surface area contributed by atoms with Crippen LogP contribution in [0.1, 0.15) is 51.6 Å². The second-order valence-corrected chi connectivity index (χ2v) is 6.38. The average Bonchev–Trinajstić information content (AvgIpc) is 2.37. The monoisotopic (exact) mass is 263 g/mol. The van der Waals surface area contributed by atoms with E-state index in [0.29, 0.717) is 11.5 Å².